The molecule has 3 nitrogen and oxygen atoms in total. The minimum Gasteiger partial charge on any atom is -0.394 e. The van der Waals surface area contributed by atoms with E-state index in [0.29, 0.717) is 0 Å². The fourth-order valence-corrected chi connectivity index (χ4v) is 0.977. The Morgan fingerprint density at radius 2 is 1.86 bits per heavy atom. The van der Waals surface area contributed by atoms with Crippen LogP contribution in [0, 0.1) is 11.6 Å². The molecule has 0 unspecified atom stereocenters. The van der Waals surface area contributed by atoms with Crippen LogP contribution in [0.15, 0.2) is 18.2 Å². The van der Waals surface area contributed by atoms with E-state index in [-0.39, 0.29) is 18.9 Å². The molecular weight excluding hydrogens is 192 g/mol. The van der Waals surface area contributed by atoms with Crippen molar-refractivity contribution < 1.29 is 19.0 Å². The fourth-order valence-electron chi connectivity index (χ4n) is 0.977. The summed E-state index contributed by atoms with van der Waals surface area (Å²) in [7, 11) is 0. The Labute approximate surface area is 80.0 Å². The Morgan fingerprint density at radius 3 is 2.43 bits per heavy atom. The lowest BCUT2D eigenvalue weighted by atomic mass is 10.2. The third-order valence-electron chi connectivity index (χ3n) is 1.73. The van der Waals surface area contributed by atoms with Crippen molar-refractivity contribution in [1.29, 1.82) is 0 Å². The zero-order chi connectivity index (χ0) is 10.6. The second-order valence-electron chi connectivity index (χ2n) is 2.83. The summed E-state index contributed by atoms with van der Waals surface area (Å²) in [5, 5.41) is 19.9. The summed E-state index contributed by atoms with van der Waals surface area (Å²) in [6.07, 6.45) is 0. The summed E-state index contributed by atoms with van der Waals surface area (Å²) in [4.78, 5) is 0. The van der Waals surface area contributed by atoms with Crippen LogP contribution in [0.2, 0.25) is 0 Å². The van der Waals surface area contributed by atoms with Gasteiger partial charge in [0.1, 0.15) is 11.6 Å². The molecule has 3 N–H and O–H groups in total. The van der Waals surface area contributed by atoms with Gasteiger partial charge in [-0.2, -0.15) is 0 Å². The van der Waals surface area contributed by atoms with Gasteiger partial charge >= 0.3 is 0 Å². The minimum absolute atomic E-state index is 0.0712. The molecule has 1 rings (SSSR count). The molecule has 0 heterocycles. The number of rotatable bonds is 4. The van der Waals surface area contributed by atoms with E-state index in [1.54, 1.807) is 0 Å². The van der Waals surface area contributed by atoms with Crippen LogP contribution in [0.1, 0.15) is 0 Å². The first-order valence-electron chi connectivity index (χ1n) is 4.10. The molecule has 0 aromatic heterocycles. The summed E-state index contributed by atoms with van der Waals surface area (Å²) in [6, 6.07) is 2.25. The molecule has 0 bridgehead atoms. The van der Waals surface area contributed by atoms with Gasteiger partial charge in [0.15, 0.2) is 0 Å². The van der Waals surface area contributed by atoms with Crippen LogP contribution >= 0.6 is 0 Å². The smallest absolute Gasteiger partial charge is 0.146 e. The van der Waals surface area contributed by atoms with Gasteiger partial charge in [0.05, 0.1) is 24.9 Å². The maximum atomic E-state index is 13.0. The summed E-state index contributed by atoms with van der Waals surface area (Å²) >= 11 is 0. The molecule has 14 heavy (non-hydrogen) atoms. The van der Waals surface area contributed by atoms with Crippen LogP contribution in [-0.4, -0.2) is 29.5 Å². The van der Waals surface area contributed by atoms with Crippen LogP contribution < -0.4 is 5.32 Å². The first kappa shape index (κ1) is 10.9. The van der Waals surface area contributed by atoms with Gasteiger partial charge in [-0.1, -0.05) is 0 Å². The molecule has 1 aromatic carbocycles. The summed E-state index contributed by atoms with van der Waals surface area (Å²) in [5.41, 5.74) is -0.0712. The predicted molar refractivity (Wildman–Crippen MR) is 47.9 cm³/mol. The van der Waals surface area contributed by atoms with E-state index >= 15 is 0 Å². The largest absolute Gasteiger partial charge is 0.394 e. The topological polar surface area (TPSA) is 52.5 Å². The highest BCUT2D eigenvalue weighted by atomic mass is 19.1. The maximum Gasteiger partial charge on any atom is 0.146 e. The molecule has 0 spiro atoms. The van der Waals surface area contributed by atoms with Crippen molar-refractivity contribution in [1.82, 2.24) is 0 Å². The quantitative estimate of drug-likeness (QED) is 0.676. The Hall–Kier alpha value is -1.20. The van der Waals surface area contributed by atoms with Crippen LogP contribution in [0.5, 0.6) is 0 Å². The van der Waals surface area contributed by atoms with Crippen LogP contribution in [-0.2, 0) is 0 Å². The van der Waals surface area contributed by atoms with E-state index in [0.717, 1.165) is 18.2 Å². The highest BCUT2D eigenvalue weighted by Crippen LogP contribution is 2.15. The lowest BCUT2D eigenvalue weighted by molar-refractivity contribution is 0.203. The van der Waals surface area contributed by atoms with E-state index in [2.05, 4.69) is 5.32 Å². The van der Waals surface area contributed by atoms with Crippen LogP contribution in [0.4, 0.5) is 14.5 Å². The molecule has 0 radical (unpaired) electrons. The molecule has 0 fully saturated rings. The number of aliphatic hydroxyl groups is 2. The van der Waals surface area contributed by atoms with Gasteiger partial charge in [-0.25, -0.2) is 8.78 Å². The van der Waals surface area contributed by atoms with E-state index < -0.39 is 17.7 Å². The molecule has 78 valence electrons. The van der Waals surface area contributed by atoms with E-state index in [9.17, 15) is 8.78 Å². The molecule has 0 aliphatic heterocycles. The lowest BCUT2D eigenvalue weighted by Crippen LogP contribution is -2.28. The maximum absolute atomic E-state index is 13.0. The summed E-state index contributed by atoms with van der Waals surface area (Å²) in [5.74, 6) is -1.21. The van der Waals surface area contributed by atoms with Crippen molar-refractivity contribution in [3.8, 4) is 0 Å². The third-order valence-corrected chi connectivity index (χ3v) is 1.73. The molecule has 0 saturated heterocycles. The number of anilines is 1. The standard InChI is InChI=1S/C9H11F2NO2/c10-6-1-2-8(11)9(3-6)12-7(4-13)5-14/h1-3,7,12-14H,4-5H2. The first-order valence-corrected chi connectivity index (χ1v) is 4.10. The molecule has 0 saturated carbocycles. The summed E-state index contributed by atoms with van der Waals surface area (Å²) in [6.45, 7) is -0.709. The molecule has 5 heteroatoms. The number of benzene rings is 1. The molecule has 1 aromatic rings. The van der Waals surface area contributed by atoms with Gasteiger partial charge < -0.3 is 15.5 Å². The highest BCUT2D eigenvalue weighted by molar-refractivity contribution is 5.45. The third kappa shape index (κ3) is 2.65. The lowest BCUT2D eigenvalue weighted by Gasteiger charge is -2.15. The van der Waals surface area contributed by atoms with Gasteiger partial charge in [0.2, 0.25) is 0 Å². The highest BCUT2D eigenvalue weighted by Gasteiger charge is 2.09. The number of hydrogen-bond donors (Lipinski definition) is 3. The molecule has 0 aliphatic carbocycles. The number of aliphatic hydroxyl groups excluding tert-OH is 2. The summed E-state index contributed by atoms with van der Waals surface area (Å²) < 4.78 is 25.7. The molecular formula is C9H11F2NO2. The SMILES string of the molecule is OCC(CO)Nc1cc(F)ccc1F. The average molecular weight is 203 g/mol. The van der Waals surface area contributed by atoms with Gasteiger partial charge in [-0.3, -0.25) is 0 Å². The second kappa shape index (κ2) is 4.88. The molecule has 0 aliphatic rings. The average Bonchev–Trinajstić information content (AvgIpc) is 2.19. The van der Waals surface area contributed by atoms with Gasteiger partial charge in [0, 0.05) is 0 Å². The Balaban J connectivity index is 2.79. The Kier molecular flexibility index (Phi) is 3.79. The van der Waals surface area contributed by atoms with Gasteiger partial charge in [0.25, 0.3) is 0 Å². The van der Waals surface area contributed by atoms with Crippen molar-refractivity contribution in [3.63, 3.8) is 0 Å². The van der Waals surface area contributed by atoms with E-state index in [1.807, 2.05) is 0 Å². The van der Waals surface area contributed by atoms with Gasteiger partial charge in [-0.15, -0.1) is 0 Å². The zero-order valence-electron chi connectivity index (χ0n) is 7.37. The van der Waals surface area contributed by atoms with Crippen LogP contribution in [0.25, 0.3) is 0 Å². The monoisotopic (exact) mass is 203 g/mol. The minimum atomic E-state index is -0.689. The van der Waals surface area contributed by atoms with Crippen molar-refractivity contribution in [3.05, 3.63) is 29.8 Å². The van der Waals surface area contributed by atoms with Crippen molar-refractivity contribution in [2.24, 2.45) is 0 Å². The number of halogens is 2. The first-order chi connectivity index (χ1) is 6.67. The van der Waals surface area contributed by atoms with Crippen LogP contribution in [0.3, 0.4) is 0 Å². The Bertz CT molecular complexity index is 303. The second-order valence-corrected chi connectivity index (χ2v) is 2.83. The normalized spacial score (nSPS) is 10.6. The Morgan fingerprint density at radius 1 is 1.21 bits per heavy atom. The van der Waals surface area contributed by atoms with E-state index in [4.69, 9.17) is 10.2 Å². The fraction of sp³-hybridized carbons (Fsp3) is 0.333. The molecule has 0 atom stereocenters. The van der Waals surface area contributed by atoms with Crippen molar-refractivity contribution >= 4 is 5.69 Å². The van der Waals surface area contributed by atoms with E-state index in [1.165, 1.54) is 0 Å². The number of nitrogens with one attached hydrogen (secondary N) is 1. The van der Waals surface area contributed by atoms with Crippen molar-refractivity contribution in [2.45, 2.75) is 6.04 Å². The zero-order valence-corrected chi connectivity index (χ0v) is 7.37. The number of hydrogen-bond acceptors (Lipinski definition) is 3. The van der Waals surface area contributed by atoms with Gasteiger partial charge in [-0.05, 0) is 18.2 Å². The predicted octanol–water partition coefficient (Wildman–Crippen LogP) is 0.730. The molecule has 0 amide bonds. The van der Waals surface area contributed by atoms with Crippen molar-refractivity contribution in [2.75, 3.05) is 18.5 Å².